The summed E-state index contributed by atoms with van der Waals surface area (Å²) in [5.74, 6) is 0.469. The molecule has 1 N–H and O–H groups in total. The van der Waals surface area contributed by atoms with Crippen molar-refractivity contribution in [2.24, 2.45) is 0 Å². The minimum absolute atomic E-state index is 0.127. The topological polar surface area (TPSA) is 58.6 Å². The summed E-state index contributed by atoms with van der Waals surface area (Å²) in [4.78, 5) is 23.2. The van der Waals surface area contributed by atoms with Gasteiger partial charge in [-0.15, -0.1) is 11.8 Å². The summed E-state index contributed by atoms with van der Waals surface area (Å²) in [7, 11) is 0. The van der Waals surface area contributed by atoms with Crippen LogP contribution in [0.25, 0.3) is 0 Å². The van der Waals surface area contributed by atoms with Gasteiger partial charge in [0.15, 0.2) is 0 Å². The number of nitrogens with one attached hydrogen (secondary N) is 1. The van der Waals surface area contributed by atoms with Crippen LogP contribution in [0.1, 0.15) is 6.92 Å². The van der Waals surface area contributed by atoms with Gasteiger partial charge in [0.25, 0.3) is 0 Å². The predicted octanol–water partition coefficient (Wildman–Crippen LogP) is 0.737. The highest BCUT2D eigenvalue weighted by Gasteiger charge is 2.14. The van der Waals surface area contributed by atoms with Crippen LogP contribution in [0.15, 0.2) is 11.6 Å². The van der Waals surface area contributed by atoms with Crippen molar-refractivity contribution in [2.75, 3.05) is 19.0 Å². The number of thioether (sulfide) groups is 1. The van der Waals surface area contributed by atoms with E-state index in [1.165, 1.54) is 23.6 Å². The average molecular weight is 216 g/mol. The van der Waals surface area contributed by atoms with Gasteiger partial charge in [0.05, 0.1) is 12.4 Å². The third kappa shape index (κ3) is 3.69. The lowest BCUT2D eigenvalue weighted by Gasteiger charge is -2.12. The van der Waals surface area contributed by atoms with E-state index >= 15 is 0 Å². The van der Waals surface area contributed by atoms with Crippen LogP contribution in [0.2, 0.25) is 0 Å². The van der Waals surface area contributed by atoms with Gasteiger partial charge in [-0.25, -0.2) is 4.79 Å². The Balaban J connectivity index is 2.09. The first-order valence-electron chi connectivity index (χ1n) is 4.16. The molecule has 0 aliphatic carbocycles. The summed E-state index contributed by atoms with van der Waals surface area (Å²) in [6, 6.07) is 0. The van der Waals surface area contributed by atoms with Crippen LogP contribution in [-0.4, -0.2) is 35.9 Å². The SMILES string of the molecule is CC(=O)NCCOC(=O)N1C=CSC1. The second-order valence-corrected chi connectivity index (χ2v) is 3.51. The fourth-order valence-electron chi connectivity index (χ4n) is 0.845. The maximum absolute atomic E-state index is 11.2. The molecule has 1 aliphatic rings. The lowest BCUT2D eigenvalue weighted by Crippen LogP contribution is -2.29. The van der Waals surface area contributed by atoms with E-state index in [2.05, 4.69) is 5.32 Å². The van der Waals surface area contributed by atoms with Gasteiger partial charge in [-0.2, -0.15) is 0 Å². The molecular formula is C8H12N2O3S. The van der Waals surface area contributed by atoms with Gasteiger partial charge in [0.2, 0.25) is 5.91 Å². The summed E-state index contributed by atoms with van der Waals surface area (Å²) in [5.41, 5.74) is 0. The van der Waals surface area contributed by atoms with Gasteiger partial charge in [0, 0.05) is 13.1 Å². The van der Waals surface area contributed by atoms with E-state index in [-0.39, 0.29) is 18.6 Å². The molecule has 1 aliphatic heterocycles. The maximum atomic E-state index is 11.2. The van der Waals surface area contributed by atoms with Gasteiger partial charge in [0.1, 0.15) is 6.61 Å². The third-order valence-corrected chi connectivity index (χ3v) is 2.23. The Morgan fingerprint density at radius 2 is 2.43 bits per heavy atom. The van der Waals surface area contributed by atoms with Crippen molar-refractivity contribution in [1.29, 1.82) is 0 Å². The number of nitrogens with zero attached hydrogens (tertiary/aromatic N) is 1. The lowest BCUT2D eigenvalue weighted by molar-refractivity contribution is -0.119. The summed E-state index contributed by atoms with van der Waals surface area (Å²) < 4.78 is 4.88. The highest BCUT2D eigenvalue weighted by atomic mass is 32.2. The molecule has 78 valence electrons. The molecule has 0 saturated heterocycles. The molecule has 0 spiro atoms. The predicted molar refractivity (Wildman–Crippen MR) is 53.5 cm³/mol. The van der Waals surface area contributed by atoms with Crippen LogP contribution in [-0.2, 0) is 9.53 Å². The number of hydrogen-bond donors (Lipinski definition) is 1. The number of carbonyl (C=O) groups excluding carboxylic acids is 2. The van der Waals surface area contributed by atoms with Crippen LogP contribution < -0.4 is 5.32 Å². The van der Waals surface area contributed by atoms with Crippen LogP contribution in [0.5, 0.6) is 0 Å². The Kier molecular flexibility index (Phi) is 4.31. The highest BCUT2D eigenvalue weighted by molar-refractivity contribution is 8.02. The van der Waals surface area contributed by atoms with Crippen LogP contribution in [0.3, 0.4) is 0 Å². The molecule has 5 nitrogen and oxygen atoms in total. The second kappa shape index (κ2) is 5.54. The second-order valence-electron chi connectivity index (χ2n) is 2.65. The minimum atomic E-state index is -0.378. The van der Waals surface area contributed by atoms with Gasteiger partial charge in [-0.05, 0) is 5.41 Å². The number of rotatable bonds is 3. The molecule has 0 aromatic carbocycles. The van der Waals surface area contributed by atoms with Crippen molar-refractivity contribution >= 4 is 23.8 Å². The standard InChI is InChI=1S/C8H12N2O3S/c1-7(11)9-2-4-13-8(12)10-3-5-14-6-10/h3,5H,2,4,6H2,1H3,(H,9,11). The third-order valence-electron chi connectivity index (χ3n) is 1.49. The smallest absolute Gasteiger partial charge is 0.414 e. The van der Waals surface area contributed by atoms with Crippen molar-refractivity contribution < 1.29 is 14.3 Å². The van der Waals surface area contributed by atoms with Crippen molar-refractivity contribution in [3.05, 3.63) is 11.6 Å². The van der Waals surface area contributed by atoms with Crippen LogP contribution in [0, 0.1) is 0 Å². The summed E-state index contributed by atoms with van der Waals surface area (Å²) in [5, 5.41) is 4.36. The molecule has 0 saturated carbocycles. The number of ether oxygens (including phenoxy) is 1. The number of carbonyl (C=O) groups is 2. The lowest BCUT2D eigenvalue weighted by atomic mass is 10.6. The monoisotopic (exact) mass is 216 g/mol. The van der Waals surface area contributed by atoms with Crippen molar-refractivity contribution in [3.8, 4) is 0 Å². The normalized spacial score (nSPS) is 14.2. The number of hydrogen-bond acceptors (Lipinski definition) is 4. The Bertz CT molecular complexity index is 255. The molecule has 0 bridgehead atoms. The van der Waals surface area contributed by atoms with E-state index in [0.717, 1.165) is 0 Å². The summed E-state index contributed by atoms with van der Waals surface area (Å²) >= 11 is 1.53. The Morgan fingerprint density at radius 3 is 3.00 bits per heavy atom. The molecule has 14 heavy (non-hydrogen) atoms. The zero-order valence-corrected chi connectivity index (χ0v) is 8.67. The molecule has 1 heterocycles. The van der Waals surface area contributed by atoms with Crippen LogP contribution >= 0.6 is 11.8 Å². The van der Waals surface area contributed by atoms with Crippen molar-refractivity contribution in [3.63, 3.8) is 0 Å². The Morgan fingerprint density at radius 1 is 1.64 bits per heavy atom. The summed E-state index contributed by atoms with van der Waals surface area (Å²) in [6.45, 7) is 1.97. The number of amides is 2. The van der Waals surface area contributed by atoms with Crippen molar-refractivity contribution in [2.45, 2.75) is 6.92 Å². The summed E-state index contributed by atoms with van der Waals surface area (Å²) in [6.07, 6.45) is 1.29. The van der Waals surface area contributed by atoms with E-state index in [0.29, 0.717) is 12.4 Å². The molecule has 0 radical (unpaired) electrons. The molecular weight excluding hydrogens is 204 g/mol. The van der Waals surface area contributed by atoms with E-state index in [1.54, 1.807) is 6.20 Å². The van der Waals surface area contributed by atoms with Gasteiger partial charge in [-0.3, -0.25) is 9.69 Å². The van der Waals surface area contributed by atoms with E-state index in [4.69, 9.17) is 4.74 Å². The fraction of sp³-hybridized carbons (Fsp3) is 0.500. The molecule has 0 aromatic rings. The minimum Gasteiger partial charge on any atom is -0.447 e. The van der Waals surface area contributed by atoms with Gasteiger partial charge >= 0.3 is 6.09 Å². The molecule has 1 rings (SSSR count). The quantitative estimate of drug-likeness (QED) is 0.707. The first-order valence-corrected chi connectivity index (χ1v) is 5.21. The first-order chi connectivity index (χ1) is 6.70. The zero-order valence-electron chi connectivity index (χ0n) is 7.86. The molecule has 0 fully saturated rings. The van der Waals surface area contributed by atoms with E-state index < -0.39 is 0 Å². The highest BCUT2D eigenvalue weighted by Crippen LogP contribution is 2.15. The molecule has 0 aromatic heterocycles. The maximum Gasteiger partial charge on any atom is 0.414 e. The average Bonchev–Trinajstić information content (AvgIpc) is 2.64. The molecule has 0 atom stereocenters. The zero-order chi connectivity index (χ0) is 10.4. The van der Waals surface area contributed by atoms with E-state index in [1.807, 2.05) is 5.41 Å². The van der Waals surface area contributed by atoms with E-state index in [9.17, 15) is 9.59 Å². The first kappa shape index (κ1) is 10.9. The Labute approximate surface area is 86.5 Å². The molecule has 0 unspecified atom stereocenters. The van der Waals surface area contributed by atoms with Gasteiger partial charge in [-0.1, -0.05) is 0 Å². The van der Waals surface area contributed by atoms with Crippen molar-refractivity contribution in [1.82, 2.24) is 10.2 Å². The Hall–Kier alpha value is -1.17. The molecule has 6 heteroatoms. The largest absolute Gasteiger partial charge is 0.447 e. The van der Waals surface area contributed by atoms with Crippen LogP contribution in [0.4, 0.5) is 4.79 Å². The van der Waals surface area contributed by atoms with Gasteiger partial charge < -0.3 is 10.1 Å². The molecule has 2 amide bonds. The fourth-order valence-corrected chi connectivity index (χ4v) is 1.52.